The maximum absolute atomic E-state index is 12.0. The lowest BCUT2D eigenvalue weighted by Gasteiger charge is -2.31. The molecule has 6 nitrogen and oxygen atoms in total. The molecule has 24 heavy (non-hydrogen) atoms. The Morgan fingerprint density at radius 1 is 1.21 bits per heavy atom. The van der Waals surface area contributed by atoms with Crippen LogP contribution in [0.15, 0.2) is 24.3 Å². The molecule has 1 aliphatic rings. The van der Waals surface area contributed by atoms with Crippen LogP contribution in [0.25, 0.3) is 0 Å². The van der Waals surface area contributed by atoms with Crippen molar-refractivity contribution in [2.45, 2.75) is 43.9 Å². The van der Waals surface area contributed by atoms with Crippen LogP contribution in [0.1, 0.15) is 44.1 Å². The van der Waals surface area contributed by atoms with E-state index in [1.54, 1.807) is 7.11 Å². The molecule has 1 fully saturated rings. The zero-order chi connectivity index (χ0) is 17.4. The summed E-state index contributed by atoms with van der Waals surface area (Å²) in [6, 6.07) is 7.75. The van der Waals surface area contributed by atoms with Crippen LogP contribution < -0.4 is 15.4 Å². The van der Waals surface area contributed by atoms with E-state index in [1.807, 2.05) is 18.2 Å². The normalized spacial score (nSPS) is 15.7. The Labute approximate surface area is 142 Å². The number of hydrogen-bond donors (Lipinski definition) is 3. The van der Waals surface area contributed by atoms with E-state index < -0.39 is 5.97 Å². The van der Waals surface area contributed by atoms with E-state index in [-0.39, 0.29) is 17.9 Å². The van der Waals surface area contributed by atoms with Gasteiger partial charge in [-0.15, -0.1) is 0 Å². The summed E-state index contributed by atoms with van der Waals surface area (Å²) in [5.74, 6) is 0.0151. The first-order valence-corrected chi connectivity index (χ1v) is 8.44. The number of methoxy groups -OCH3 is 1. The maximum atomic E-state index is 12.0. The van der Waals surface area contributed by atoms with E-state index in [0.29, 0.717) is 19.5 Å². The number of carboxylic acids is 1. The Kier molecular flexibility index (Phi) is 6.46. The van der Waals surface area contributed by atoms with Crippen molar-refractivity contribution in [2.24, 2.45) is 0 Å². The van der Waals surface area contributed by atoms with Gasteiger partial charge in [0.2, 0.25) is 0 Å². The number of urea groups is 1. The highest BCUT2D eigenvalue weighted by Crippen LogP contribution is 2.44. The Bertz CT molecular complexity index is 568. The minimum absolute atomic E-state index is 0.0609. The topological polar surface area (TPSA) is 87.7 Å². The Morgan fingerprint density at radius 3 is 2.58 bits per heavy atom. The van der Waals surface area contributed by atoms with Gasteiger partial charge in [-0.2, -0.15) is 0 Å². The molecule has 3 N–H and O–H groups in total. The van der Waals surface area contributed by atoms with Gasteiger partial charge < -0.3 is 20.5 Å². The SMILES string of the molecule is COc1ccccc1C1(CNC(=O)NCCCC(=O)O)CCCC1. The van der Waals surface area contributed by atoms with Gasteiger partial charge >= 0.3 is 12.0 Å². The summed E-state index contributed by atoms with van der Waals surface area (Å²) in [6.07, 6.45) is 4.81. The van der Waals surface area contributed by atoms with Gasteiger partial charge in [-0.05, 0) is 25.3 Å². The third-order valence-electron chi connectivity index (χ3n) is 4.68. The second-order valence-corrected chi connectivity index (χ2v) is 6.29. The molecule has 2 rings (SSSR count). The fraction of sp³-hybridized carbons (Fsp3) is 0.556. The molecule has 0 unspecified atom stereocenters. The lowest BCUT2D eigenvalue weighted by Crippen LogP contribution is -2.44. The number of benzene rings is 1. The fourth-order valence-corrected chi connectivity index (χ4v) is 3.43. The molecule has 1 aliphatic carbocycles. The molecule has 0 bridgehead atoms. The molecule has 0 aliphatic heterocycles. The van der Waals surface area contributed by atoms with Gasteiger partial charge in [-0.3, -0.25) is 4.79 Å². The van der Waals surface area contributed by atoms with Gasteiger partial charge in [-0.1, -0.05) is 31.0 Å². The predicted octanol–water partition coefficient (Wildman–Crippen LogP) is 2.67. The number of nitrogens with one attached hydrogen (secondary N) is 2. The minimum Gasteiger partial charge on any atom is -0.496 e. The van der Waals surface area contributed by atoms with Crippen LogP contribution >= 0.6 is 0 Å². The lowest BCUT2D eigenvalue weighted by molar-refractivity contribution is -0.137. The number of ether oxygens (including phenoxy) is 1. The van der Waals surface area contributed by atoms with E-state index >= 15 is 0 Å². The summed E-state index contributed by atoms with van der Waals surface area (Å²) in [5.41, 5.74) is 1.06. The van der Waals surface area contributed by atoms with Crippen molar-refractivity contribution in [2.75, 3.05) is 20.2 Å². The summed E-state index contributed by atoms with van der Waals surface area (Å²) >= 11 is 0. The second kappa shape index (κ2) is 8.57. The first kappa shape index (κ1) is 18.1. The number of carbonyl (C=O) groups is 2. The zero-order valence-electron chi connectivity index (χ0n) is 14.1. The Morgan fingerprint density at radius 2 is 1.92 bits per heavy atom. The van der Waals surface area contributed by atoms with Gasteiger partial charge in [0.15, 0.2) is 0 Å². The fourth-order valence-electron chi connectivity index (χ4n) is 3.43. The standard InChI is InChI=1S/C18H26N2O4/c1-24-15-8-3-2-7-14(15)18(10-4-5-11-18)13-20-17(23)19-12-6-9-16(21)22/h2-3,7-8H,4-6,9-13H2,1H3,(H,21,22)(H2,19,20,23). The Hall–Kier alpha value is -2.24. The van der Waals surface area contributed by atoms with Crippen LogP contribution in [0.5, 0.6) is 5.75 Å². The van der Waals surface area contributed by atoms with Crippen LogP contribution in [-0.2, 0) is 10.2 Å². The average molecular weight is 334 g/mol. The van der Waals surface area contributed by atoms with Crippen LogP contribution in [0.3, 0.4) is 0 Å². The molecule has 0 saturated heterocycles. The van der Waals surface area contributed by atoms with E-state index in [2.05, 4.69) is 16.7 Å². The van der Waals surface area contributed by atoms with Crippen LogP contribution in [-0.4, -0.2) is 37.3 Å². The molecule has 2 amide bonds. The molecular weight excluding hydrogens is 308 g/mol. The van der Waals surface area contributed by atoms with Gasteiger partial charge in [0.1, 0.15) is 5.75 Å². The molecule has 0 spiro atoms. The molecule has 1 aromatic rings. The number of hydrogen-bond acceptors (Lipinski definition) is 3. The summed E-state index contributed by atoms with van der Waals surface area (Å²) in [4.78, 5) is 22.4. The summed E-state index contributed by atoms with van der Waals surface area (Å²) in [6.45, 7) is 0.915. The van der Waals surface area contributed by atoms with E-state index in [0.717, 1.165) is 37.0 Å². The number of carboxylic acid groups (broad SMARTS) is 1. The van der Waals surface area contributed by atoms with Gasteiger partial charge in [0.05, 0.1) is 7.11 Å². The number of amides is 2. The first-order valence-electron chi connectivity index (χ1n) is 8.44. The molecule has 1 saturated carbocycles. The monoisotopic (exact) mass is 334 g/mol. The van der Waals surface area contributed by atoms with Crippen molar-refractivity contribution in [3.8, 4) is 5.75 Å². The van der Waals surface area contributed by atoms with E-state index in [1.165, 1.54) is 0 Å². The van der Waals surface area contributed by atoms with Crippen molar-refractivity contribution < 1.29 is 19.4 Å². The number of carbonyl (C=O) groups excluding carboxylic acids is 1. The lowest BCUT2D eigenvalue weighted by atomic mass is 9.78. The highest BCUT2D eigenvalue weighted by atomic mass is 16.5. The summed E-state index contributed by atoms with van der Waals surface area (Å²) < 4.78 is 5.51. The highest BCUT2D eigenvalue weighted by molar-refractivity contribution is 5.74. The third kappa shape index (κ3) is 4.63. The van der Waals surface area contributed by atoms with Crippen molar-refractivity contribution in [3.63, 3.8) is 0 Å². The zero-order valence-corrected chi connectivity index (χ0v) is 14.1. The predicted molar refractivity (Wildman–Crippen MR) is 91.4 cm³/mol. The van der Waals surface area contributed by atoms with Gasteiger partial charge in [0, 0.05) is 30.5 Å². The quantitative estimate of drug-likeness (QED) is 0.638. The molecule has 1 aromatic carbocycles. The molecule has 6 heteroatoms. The number of rotatable bonds is 8. The molecule has 0 heterocycles. The third-order valence-corrected chi connectivity index (χ3v) is 4.68. The van der Waals surface area contributed by atoms with Crippen molar-refractivity contribution in [3.05, 3.63) is 29.8 Å². The molecular formula is C18H26N2O4. The molecule has 132 valence electrons. The van der Waals surface area contributed by atoms with Crippen molar-refractivity contribution >= 4 is 12.0 Å². The molecule has 0 atom stereocenters. The van der Waals surface area contributed by atoms with Crippen molar-refractivity contribution in [1.82, 2.24) is 10.6 Å². The largest absolute Gasteiger partial charge is 0.496 e. The van der Waals surface area contributed by atoms with Crippen LogP contribution in [0.4, 0.5) is 4.79 Å². The summed E-state index contributed by atoms with van der Waals surface area (Å²) in [5, 5.41) is 14.3. The minimum atomic E-state index is -0.849. The van der Waals surface area contributed by atoms with Gasteiger partial charge in [0.25, 0.3) is 0 Å². The highest BCUT2D eigenvalue weighted by Gasteiger charge is 2.37. The Balaban J connectivity index is 1.94. The number of para-hydroxylation sites is 1. The summed E-state index contributed by atoms with van der Waals surface area (Å²) in [7, 11) is 1.67. The van der Waals surface area contributed by atoms with Crippen molar-refractivity contribution in [1.29, 1.82) is 0 Å². The molecule has 0 aromatic heterocycles. The van der Waals surface area contributed by atoms with E-state index in [9.17, 15) is 9.59 Å². The second-order valence-electron chi connectivity index (χ2n) is 6.29. The van der Waals surface area contributed by atoms with E-state index in [4.69, 9.17) is 9.84 Å². The molecule has 0 radical (unpaired) electrons. The van der Waals surface area contributed by atoms with Crippen LogP contribution in [0, 0.1) is 0 Å². The number of aliphatic carboxylic acids is 1. The smallest absolute Gasteiger partial charge is 0.314 e. The average Bonchev–Trinajstić information content (AvgIpc) is 3.07. The van der Waals surface area contributed by atoms with Crippen LogP contribution in [0.2, 0.25) is 0 Å². The van der Waals surface area contributed by atoms with Gasteiger partial charge in [-0.25, -0.2) is 4.79 Å². The first-order chi connectivity index (χ1) is 11.6. The maximum Gasteiger partial charge on any atom is 0.314 e.